The maximum atomic E-state index is 12.7. The van der Waals surface area contributed by atoms with Crippen LogP contribution in [-0.4, -0.2) is 43.2 Å². The number of nitrogens with one attached hydrogen (secondary N) is 1. The number of carbonyl (C=O) groups is 1. The first-order valence-electron chi connectivity index (χ1n) is 10.1. The quantitative estimate of drug-likeness (QED) is 0.872. The van der Waals surface area contributed by atoms with Crippen LogP contribution < -0.4 is 10.2 Å². The lowest BCUT2D eigenvalue weighted by Crippen LogP contribution is -2.50. The van der Waals surface area contributed by atoms with E-state index < -0.39 is 0 Å². The Labute approximate surface area is 171 Å². The van der Waals surface area contributed by atoms with Gasteiger partial charge in [0.15, 0.2) is 0 Å². The van der Waals surface area contributed by atoms with Gasteiger partial charge in [-0.2, -0.15) is 5.26 Å². The number of nitriles is 1. The van der Waals surface area contributed by atoms with E-state index in [9.17, 15) is 10.1 Å². The number of rotatable bonds is 3. The van der Waals surface area contributed by atoms with Crippen molar-refractivity contribution in [1.82, 2.24) is 10.2 Å². The smallest absolute Gasteiger partial charge is 0.410 e. The van der Waals surface area contributed by atoms with E-state index in [1.807, 2.05) is 42.5 Å². The Kier molecular flexibility index (Phi) is 5.68. The van der Waals surface area contributed by atoms with E-state index in [-0.39, 0.29) is 12.7 Å². The van der Waals surface area contributed by atoms with E-state index in [0.29, 0.717) is 31.1 Å². The molecule has 2 aromatic rings. The summed E-state index contributed by atoms with van der Waals surface area (Å²) < 4.78 is 5.54. The summed E-state index contributed by atoms with van der Waals surface area (Å²) in [7, 11) is 0. The SMILES string of the molecule is C[C@@H]1CN(c2ccc(C#N)c3c2CN(C(=O)OCc2ccccc2)CC3)CCN1. The molecule has 0 bridgehead atoms. The number of ether oxygens (including phenoxy) is 1. The minimum Gasteiger partial charge on any atom is -0.445 e. The van der Waals surface area contributed by atoms with Crippen molar-refractivity contribution in [3.05, 3.63) is 64.7 Å². The molecule has 0 radical (unpaired) electrons. The standard InChI is InChI=1S/C23H26N4O2/c1-17-14-26(12-10-25-17)22-8-7-19(13-24)20-9-11-27(15-21(20)22)23(28)29-16-18-5-3-2-4-6-18/h2-8,17,25H,9-12,14-16H2,1H3/t17-/m1/s1. The normalized spacial score (nSPS) is 18.7. The summed E-state index contributed by atoms with van der Waals surface area (Å²) >= 11 is 0. The Morgan fingerprint density at radius 3 is 2.79 bits per heavy atom. The summed E-state index contributed by atoms with van der Waals surface area (Å²) in [6, 6.07) is 16.4. The molecule has 150 valence electrons. The highest BCUT2D eigenvalue weighted by atomic mass is 16.6. The van der Waals surface area contributed by atoms with Crippen molar-refractivity contribution in [3.63, 3.8) is 0 Å². The zero-order valence-electron chi connectivity index (χ0n) is 16.7. The summed E-state index contributed by atoms with van der Waals surface area (Å²) in [5.41, 5.74) is 4.97. The van der Waals surface area contributed by atoms with Crippen LogP contribution in [-0.2, 0) is 24.3 Å². The van der Waals surface area contributed by atoms with Crippen LogP contribution in [0.1, 0.15) is 29.2 Å². The van der Waals surface area contributed by atoms with Gasteiger partial charge in [0.05, 0.1) is 18.2 Å². The number of hydrogen-bond donors (Lipinski definition) is 1. The molecule has 6 heteroatoms. The van der Waals surface area contributed by atoms with E-state index in [1.54, 1.807) is 4.90 Å². The first kappa shape index (κ1) is 19.3. The molecule has 0 saturated carbocycles. The third-order valence-electron chi connectivity index (χ3n) is 5.68. The maximum Gasteiger partial charge on any atom is 0.410 e. The average molecular weight is 390 g/mol. The zero-order valence-corrected chi connectivity index (χ0v) is 16.7. The second kappa shape index (κ2) is 8.54. The third kappa shape index (κ3) is 4.20. The minimum absolute atomic E-state index is 0.267. The predicted octanol–water partition coefficient (Wildman–Crippen LogP) is 3.05. The molecule has 2 aliphatic rings. The van der Waals surface area contributed by atoms with Crippen molar-refractivity contribution in [3.8, 4) is 6.07 Å². The predicted molar refractivity (Wildman–Crippen MR) is 112 cm³/mol. The van der Waals surface area contributed by atoms with Crippen LogP contribution in [0.2, 0.25) is 0 Å². The molecule has 1 N–H and O–H groups in total. The molecular formula is C23H26N4O2. The monoisotopic (exact) mass is 390 g/mol. The summed E-state index contributed by atoms with van der Waals surface area (Å²) in [6.07, 6.45) is 0.371. The number of nitrogens with zero attached hydrogens (tertiary/aromatic N) is 3. The Balaban J connectivity index is 1.53. The molecule has 1 amide bonds. The molecule has 1 saturated heterocycles. The molecule has 6 nitrogen and oxygen atoms in total. The fourth-order valence-electron chi connectivity index (χ4n) is 4.18. The first-order valence-corrected chi connectivity index (χ1v) is 10.1. The fourth-order valence-corrected chi connectivity index (χ4v) is 4.18. The van der Waals surface area contributed by atoms with Crippen LogP contribution in [0.25, 0.3) is 0 Å². The van der Waals surface area contributed by atoms with Gasteiger partial charge in [0, 0.05) is 37.9 Å². The number of benzene rings is 2. The van der Waals surface area contributed by atoms with Gasteiger partial charge < -0.3 is 19.9 Å². The van der Waals surface area contributed by atoms with E-state index >= 15 is 0 Å². The highest BCUT2D eigenvalue weighted by molar-refractivity contribution is 5.70. The van der Waals surface area contributed by atoms with Gasteiger partial charge in [0.1, 0.15) is 6.61 Å². The Hall–Kier alpha value is -3.04. The first-order chi connectivity index (χ1) is 14.2. The second-order valence-electron chi connectivity index (χ2n) is 7.71. The van der Waals surface area contributed by atoms with Crippen molar-refractivity contribution in [2.45, 2.75) is 32.5 Å². The largest absolute Gasteiger partial charge is 0.445 e. The molecule has 2 aromatic carbocycles. The number of carbonyl (C=O) groups excluding carboxylic acids is 1. The summed E-state index contributed by atoms with van der Waals surface area (Å²) in [4.78, 5) is 16.8. The summed E-state index contributed by atoms with van der Waals surface area (Å²) in [5.74, 6) is 0. The lowest BCUT2D eigenvalue weighted by molar-refractivity contribution is 0.0919. The molecule has 4 rings (SSSR count). The fraction of sp³-hybridized carbons (Fsp3) is 0.391. The second-order valence-corrected chi connectivity index (χ2v) is 7.71. The van der Waals surface area contributed by atoms with Crippen LogP contribution >= 0.6 is 0 Å². The molecule has 1 atom stereocenters. The van der Waals surface area contributed by atoms with E-state index in [4.69, 9.17) is 4.74 Å². The third-order valence-corrected chi connectivity index (χ3v) is 5.68. The number of fused-ring (bicyclic) bond motifs is 1. The van der Waals surface area contributed by atoms with Crippen molar-refractivity contribution in [2.75, 3.05) is 31.1 Å². The van der Waals surface area contributed by atoms with Crippen LogP contribution in [0.15, 0.2) is 42.5 Å². The molecule has 2 aliphatic heterocycles. The number of hydrogen-bond acceptors (Lipinski definition) is 5. The minimum atomic E-state index is -0.304. The lowest BCUT2D eigenvalue weighted by Gasteiger charge is -2.38. The molecule has 0 aromatic heterocycles. The zero-order chi connectivity index (χ0) is 20.2. The van der Waals surface area contributed by atoms with Crippen molar-refractivity contribution in [2.24, 2.45) is 0 Å². The van der Waals surface area contributed by atoms with Gasteiger partial charge >= 0.3 is 6.09 Å². The highest BCUT2D eigenvalue weighted by Crippen LogP contribution is 2.32. The number of anilines is 1. The van der Waals surface area contributed by atoms with Crippen LogP contribution in [0.4, 0.5) is 10.5 Å². The van der Waals surface area contributed by atoms with Gasteiger partial charge in [-0.1, -0.05) is 30.3 Å². The van der Waals surface area contributed by atoms with Gasteiger partial charge in [0.25, 0.3) is 0 Å². The van der Waals surface area contributed by atoms with Gasteiger partial charge in [-0.15, -0.1) is 0 Å². The number of amides is 1. The molecule has 0 unspecified atom stereocenters. The van der Waals surface area contributed by atoms with Crippen LogP contribution in [0.3, 0.4) is 0 Å². The van der Waals surface area contributed by atoms with Gasteiger partial charge in [0.2, 0.25) is 0 Å². The summed E-state index contributed by atoms with van der Waals surface area (Å²) in [5, 5.41) is 13.0. The van der Waals surface area contributed by atoms with Crippen molar-refractivity contribution >= 4 is 11.8 Å². The number of piperazine rings is 1. The Bertz CT molecular complexity index is 922. The topological polar surface area (TPSA) is 68.6 Å². The van der Waals surface area contributed by atoms with Crippen molar-refractivity contribution < 1.29 is 9.53 Å². The van der Waals surface area contributed by atoms with E-state index in [2.05, 4.69) is 23.2 Å². The Morgan fingerprint density at radius 1 is 1.21 bits per heavy atom. The van der Waals surface area contributed by atoms with Crippen molar-refractivity contribution in [1.29, 1.82) is 5.26 Å². The maximum absolute atomic E-state index is 12.7. The molecule has 2 heterocycles. The van der Waals surface area contributed by atoms with E-state index in [1.165, 1.54) is 0 Å². The molecule has 0 spiro atoms. The lowest BCUT2D eigenvalue weighted by atomic mass is 9.92. The molecular weight excluding hydrogens is 364 g/mol. The van der Waals surface area contributed by atoms with E-state index in [0.717, 1.165) is 42.0 Å². The molecule has 0 aliphatic carbocycles. The van der Waals surface area contributed by atoms with Gasteiger partial charge in [-0.3, -0.25) is 0 Å². The highest BCUT2D eigenvalue weighted by Gasteiger charge is 2.28. The van der Waals surface area contributed by atoms with Gasteiger partial charge in [-0.25, -0.2) is 4.79 Å². The van der Waals surface area contributed by atoms with Crippen LogP contribution in [0, 0.1) is 11.3 Å². The average Bonchev–Trinajstić information content (AvgIpc) is 2.77. The molecule has 1 fully saturated rings. The summed E-state index contributed by atoms with van der Waals surface area (Å²) in [6.45, 7) is 6.25. The van der Waals surface area contributed by atoms with Gasteiger partial charge in [-0.05, 0) is 42.2 Å². The Morgan fingerprint density at radius 2 is 2.03 bits per heavy atom. The van der Waals surface area contributed by atoms with Crippen LogP contribution in [0.5, 0.6) is 0 Å². The molecule has 29 heavy (non-hydrogen) atoms.